The number of hydrogen-bond acceptors (Lipinski definition) is 1. The smallest absolute Gasteiger partial charge is 0.0931 e. The lowest BCUT2D eigenvalue weighted by atomic mass is 9.99. The van der Waals surface area contributed by atoms with Crippen LogP contribution in [0, 0.1) is 5.92 Å². The van der Waals surface area contributed by atoms with E-state index in [1.807, 2.05) is 6.07 Å². The summed E-state index contributed by atoms with van der Waals surface area (Å²) >= 11 is 7.64. The first-order chi connectivity index (χ1) is 7.84. The average molecular weight is 257 g/mol. The fraction of sp³-hybridized carbons (Fsp3) is 0.714. The van der Waals surface area contributed by atoms with Crippen LogP contribution in [0.1, 0.15) is 56.2 Å². The SMILES string of the molecule is Clc1ccc(CCCCCC2CCCC2)s1. The first-order valence-corrected chi connectivity index (χ1v) is 7.78. The van der Waals surface area contributed by atoms with E-state index in [2.05, 4.69) is 6.07 Å². The third-order valence-electron chi connectivity index (χ3n) is 3.64. The second kappa shape index (κ2) is 6.66. The van der Waals surface area contributed by atoms with Crippen molar-refractivity contribution < 1.29 is 0 Å². The van der Waals surface area contributed by atoms with E-state index < -0.39 is 0 Å². The van der Waals surface area contributed by atoms with Crippen LogP contribution < -0.4 is 0 Å². The summed E-state index contributed by atoms with van der Waals surface area (Å²) in [5.41, 5.74) is 0. The van der Waals surface area contributed by atoms with Gasteiger partial charge in [-0.2, -0.15) is 0 Å². The highest BCUT2D eigenvalue weighted by atomic mass is 35.5. The molecule has 1 saturated carbocycles. The molecule has 0 bridgehead atoms. The summed E-state index contributed by atoms with van der Waals surface area (Å²) in [7, 11) is 0. The number of hydrogen-bond donors (Lipinski definition) is 0. The molecular formula is C14H21ClS. The zero-order chi connectivity index (χ0) is 11.2. The Morgan fingerprint density at radius 2 is 1.94 bits per heavy atom. The number of thiophene rings is 1. The van der Waals surface area contributed by atoms with Crippen molar-refractivity contribution in [3.05, 3.63) is 21.3 Å². The van der Waals surface area contributed by atoms with Gasteiger partial charge in [0.25, 0.3) is 0 Å². The molecule has 0 amide bonds. The topological polar surface area (TPSA) is 0 Å². The van der Waals surface area contributed by atoms with Gasteiger partial charge < -0.3 is 0 Å². The van der Waals surface area contributed by atoms with E-state index in [4.69, 9.17) is 11.6 Å². The van der Waals surface area contributed by atoms with Crippen LogP contribution in [0.2, 0.25) is 4.34 Å². The standard InChI is InChI=1S/C14H21ClS/c15-14-11-10-13(16-14)9-3-1-2-6-12-7-4-5-8-12/h10-12H,1-9H2. The molecule has 1 aromatic heterocycles. The molecule has 0 nitrogen and oxygen atoms in total. The molecule has 90 valence electrons. The highest BCUT2D eigenvalue weighted by Gasteiger charge is 2.13. The van der Waals surface area contributed by atoms with Crippen LogP contribution in [-0.2, 0) is 6.42 Å². The molecule has 2 rings (SSSR count). The van der Waals surface area contributed by atoms with Crippen LogP contribution in [0.25, 0.3) is 0 Å². The number of rotatable bonds is 6. The van der Waals surface area contributed by atoms with Crippen LogP contribution in [0.4, 0.5) is 0 Å². The van der Waals surface area contributed by atoms with Crippen LogP contribution in [0.15, 0.2) is 12.1 Å². The monoisotopic (exact) mass is 256 g/mol. The van der Waals surface area contributed by atoms with E-state index in [1.165, 1.54) is 62.7 Å². The Hall–Kier alpha value is -0.0100. The van der Waals surface area contributed by atoms with Crippen molar-refractivity contribution in [3.8, 4) is 0 Å². The quantitative estimate of drug-likeness (QED) is 0.573. The Kier molecular flexibility index (Phi) is 5.18. The summed E-state index contributed by atoms with van der Waals surface area (Å²) in [5.74, 6) is 1.07. The molecule has 0 unspecified atom stereocenters. The van der Waals surface area contributed by atoms with Crippen LogP contribution in [-0.4, -0.2) is 0 Å². The molecule has 0 radical (unpaired) electrons. The highest BCUT2D eigenvalue weighted by molar-refractivity contribution is 7.16. The Labute approximate surface area is 108 Å². The maximum Gasteiger partial charge on any atom is 0.0931 e. The normalized spacial score (nSPS) is 17.1. The number of unbranched alkanes of at least 4 members (excludes halogenated alkanes) is 2. The minimum atomic E-state index is 0.931. The van der Waals surface area contributed by atoms with Crippen LogP contribution in [0.3, 0.4) is 0 Å². The van der Waals surface area contributed by atoms with Gasteiger partial charge in [0.05, 0.1) is 4.34 Å². The Morgan fingerprint density at radius 1 is 1.12 bits per heavy atom. The summed E-state index contributed by atoms with van der Waals surface area (Å²) < 4.78 is 0.931. The summed E-state index contributed by atoms with van der Waals surface area (Å²) in [4.78, 5) is 1.45. The molecule has 0 atom stereocenters. The number of aryl methyl sites for hydroxylation is 1. The lowest BCUT2D eigenvalue weighted by molar-refractivity contribution is 0.468. The van der Waals surface area contributed by atoms with Crippen molar-refractivity contribution in [1.82, 2.24) is 0 Å². The average Bonchev–Trinajstić information content (AvgIpc) is 2.89. The molecular weight excluding hydrogens is 236 g/mol. The first kappa shape index (κ1) is 12.4. The van der Waals surface area contributed by atoms with E-state index in [0.717, 1.165) is 10.3 Å². The molecule has 16 heavy (non-hydrogen) atoms. The second-order valence-electron chi connectivity index (χ2n) is 4.96. The van der Waals surface area contributed by atoms with E-state index in [1.54, 1.807) is 11.3 Å². The van der Waals surface area contributed by atoms with Crippen LogP contribution in [0.5, 0.6) is 0 Å². The fourth-order valence-electron chi connectivity index (χ4n) is 2.69. The van der Waals surface area contributed by atoms with Gasteiger partial charge in [-0.25, -0.2) is 0 Å². The molecule has 1 aliphatic carbocycles. The maximum atomic E-state index is 5.91. The largest absolute Gasteiger partial charge is 0.128 e. The van der Waals surface area contributed by atoms with Gasteiger partial charge in [0.2, 0.25) is 0 Å². The van der Waals surface area contributed by atoms with Gasteiger partial charge in [0.1, 0.15) is 0 Å². The zero-order valence-electron chi connectivity index (χ0n) is 9.88. The third-order valence-corrected chi connectivity index (χ3v) is 4.93. The fourth-order valence-corrected chi connectivity index (χ4v) is 3.82. The zero-order valence-corrected chi connectivity index (χ0v) is 11.5. The van der Waals surface area contributed by atoms with Gasteiger partial charge in [0, 0.05) is 4.88 Å². The van der Waals surface area contributed by atoms with Crippen LogP contribution >= 0.6 is 22.9 Å². The summed E-state index contributed by atoms with van der Waals surface area (Å²) in [6.07, 6.45) is 12.8. The Balaban J connectivity index is 1.51. The van der Waals surface area contributed by atoms with Gasteiger partial charge in [-0.15, -0.1) is 11.3 Å². The van der Waals surface area contributed by atoms with E-state index >= 15 is 0 Å². The predicted octanol–water partition coefficient (Wildman–Crippen LogP) is 5.69. The van der Waals surface area contributed by atoms with Gasteiger partial charge >= 0.3 is 0 Å². The molecule has 1 aliphatic rings. The summed E-state index contributed by atoms with van der Waals surface area (Å²) in [5, 5.41) is 0. The minimum absolute atomic E-state index is 0.931. The van der Waals surface area contributed by atoms with Crippen molar-refractivity contribution in [3.63, 3.8) is 0 Å². The lowest BCUT2D eigenvalue weighted by Gasteiger charge is -2.07. The van der Waals surface area contributed by atoms with E-state index in [9.17, 15) is 0 Å². The Bertz CT molecular complexity index is 299. The molecule has 2 heteroatoms. The van der Waals surface area contributed by atoms with E-state index in [0.29, 0.717) is 0 Å². The third kappa shape index (κ3) is 4.10. The van der Waals surface area contributed by atoms with Gasteiger partial charge in [-0.1, -0.05) is 56.5 Å². The molecule has 1 heterocycles. The predicted molar refractivity (Wildman–Crippen MR) is 73.5 cm³/mol. The minimum Gasteiger partial charge on any atom is -0.128 e. The van der Waals surface area contributed by atoms with Crippen molar-refractivity contribution in [2.24, 2.45) is 5.92 Å². The summed E-state index contributed by atoms with van der Waals surface area (Å²) in [6.45, 7) is 0. The van der Waals surface area contributed by atoms with Crippen molar-refractivity contribution >= 4 is 22.9 Å². The van der Waals surface area contributed by atoms with Crippen molar-refractivity contribution in [2.45, 2.75) is 57.8 Å². The van der Waals surface area contributed by atoms with Gasteiger partial charge in [0.15, 0.2) is 0 Å². The first-order valence-electron chi connectivity index (χ1n) is 6.59. The Morgan fingerprint density at radius 3 is 2.62 bits per heavy atom. The molecule has 0 N–H and O–H groups in total. The molecule has 0 aromatic carbocycles. The van der Waals surface area contributed by atoms with Crippen molar-refractivity contribution in [2.75, 3.05) is 0 Å². The highest BCUT2D eigenvalue weighted by Crippen LogP contribution is 2.29. The van der Waals surface area contributed by atoms with E-state index in [-0.39, 0.29) is 0 Å². The number of halogens is 1. The maximum absolute atomic E-state index is 5.91. The second-order valence-corrected chi connectivity index (χ2v) is 6.76. The molecule has 1 aromatic rings. The molecule has 1 fully saturated rings. The molecule has 0 saturated heterocycles. The molecule has 0 aliphatic heterocycles. The van der Waals surface area contributed by atoms with Crippen molar-refractivity contribution in [1.29, 1.82) is 0 Å². The molecule has 0 spiro atoms. The lowest BCUT2D eigenvalue weighted by Crippen LogP contribution is -1.93. The van der Waals surface area contributed by atoms with Gasteiger partial charge in [-0.05, 0) is 30.9 Å². The van der Waals surface area contributed by atoms with Gasteiger partial charge in [-0.3, -0.25) is 0 Å². The summed E-state index contributed by atoms with van der Waals surface area (Å²) in [6, 6.07) is 4.18.